The van der Waals surface area contributed by atoms with Gasteiger partial charge in [-0.2, -0.15) is 0 Å². The first-order valence-corrected chi connectivity index (χ1v) is 8.57. The van der Waals surface area contributed by atoms with Crippen LogP contribution in [0.1, 0.15) is 36.0 Å². The van der Waals surface area contributed by atoms with Crippen molar-refractivity contribution < 1.29 is 18.7 Å². The molecular formula is C18H23FN2O3. The van der Waals surface area contributed by atoms with E-state index in [1.54, 1.807) is 4.90 Å². The van der Waals surface area contributed by atoms with Crippen LogP contribution in [-0.4, -0.2) is 49.1 Å². The summed E-state index contributed by atoms with van der Waals surface area (Å²) in [5.41, 5.74) is 0.455. The predicted octanol–water partition coefficient (Wildman–Crippen LogP) is 1.97. The van der Waals surface area contributed by atoms with Crippen LogP contribution in [0.2, 0.25) is 0 Å². The van der Waals surface area contributed by atoms with Crippen LogP contribution >= 0.6 is 0 Å². The van der Waals surface area contributed by atoms with Crippen LogP contribution in [-0.2, 0) is 9.53 Å². The van der Waals surface area contributed by atoms with E-state index in [2.05, 4.69) is 5.32 Å². The lowest BCUT2D eigenvalue weighted by Gasteiger charge is -2.32. The van der Waals surface area contributed by atoms with Crippen LogP contribution in [0.3, 0.4) is 0 Å². The highest BCUT2D eigenvalue weighted by Crippen LogP contribution is 2.19. The van der Waals surface area contributed by atoms with Crippen LogP contribution in [0.25, 0.3) is 0 Å². The van der Waals surface area contributed by atoms with E-state index in [1.807, 2.05) is 0 Å². The third-order valence-corrected chi connectivity index (χ3v) is 4.70. The van der Waals surface area contributed by atoms with Gasteiger partial charge in [-0.15, -0.1) is 0 Å². The number of nitrogens with one attached hydrogen (secondary N) is 1. The minimum atomic E-state index is -0.364. The van der Waals surface area contributed by atoms with E-state index in [4.69, 9.17) is 4.74 Å². The molecule has 0 unspecified atom stereocenters. The molecule has 2 fully saturated rings. The van der Waals surface area contributed by atoms with E-state index < -0.39 is 0 Å². The van der Waals surface area contributed by atoms with Crippen LogP contribution < -0.4 is 5.32 Å². The first kappa shape index (κ1) is 16.9. The standard InChI is InChI=1S/C18H23FN2O3/c19-15-7-5-13(6-8-15)18(23)21-9-1-3-14(12-21)17(22)20-11-16-4-2-10-24-16/h5-8,14,16H,1-4,9-12H2,(H,20,22)/t14-,16-/m1/s1. The number of ether oxygens (including phenoxy) is 1. The third kappa shape index (κ3) is 4.12. The smallest absolute Gasteiger partial charge is 0.253 e. The van der Waals surface area contributed by atoms with Gasteiger partial charge in [0.25, 0.3) is 5.91 Å². The van der Waals surface area contributed by atoms with Gasteiger partial charge >= 0.3 is 0 Å². The molecule has 1 aromatic carbocycles. The molecule has 2 aliphatic rings. The van der Waals surface area contributed by atoms with E-state index in [1.165, 1.54) is 24.3 Å². The maximum Gasteiger partial charge on any atom is 0.253 e. The fraction of sp³-hybridized carbons (Fsp3) is 0.556. The summed E-state index contributed by atoms with van der Waals surface area (Å²) in [6.07, 6.45) is 3.73. The van der Waals surface area contributed by atoms with E-state index in [-0.39, 0.29) is 29.7 Å². The molecule has 2 heterocycles. The van der Waals surface area contributed by atoms with Crippen LogP contribution in [0.15, 0.2) is 24.3 Å². The van der Waals surface area contributed by atoms with Crippen molar-refractivity contribution in [2.45, 2.75) is 31.8 Å². The number of carbonyl (C=O) groups is 2. The average Bonchev–Trinajstić information content (AvgIpc) is 3.13. The summed E-state index contributed by atoms with van der Waals surface area (Å²) in [6, 6.07) is 5.53. The average molecular weight is 334 g/mol. The molecule has 0 aliphatic carbocycles. The van der Waals surface area contributed by atoms with Crippen LogP contribution in [0.5, 0.6) is 0 Å². The highest BCUT2D eigenvalue weighted by atomic mass is 19.1. The van der Waals surface area contributed by atoms with Gasteiger partial charge in [0.1, 0.15) is 5.82 Å². The summed E-state index contributed by atoms with van der Waals surface area (Å²) in [6.45, 7) is 2.35. The summed E-state index contributed by atoms with van der Waals surface area (Å²) >= 11 is 0. The minimum absolute atomic E-state index is 0.0119. The number of amides is 2. The second-order valence-electron chi connectivity index (χ2n) is 6.48. The van der Waals surface area contributed by atoms with Crippen molar-refractivity contribution in [2.75, 3.05) is 26.2 Å². The maximum absolute atomic E-state index is 13.0. The number of hydrogen-bond acceptors (Lipinski definition) is 3. The van der Waals surface area contributed by atoms with Crippen LogP contribution in [0, 0.1) is 11.7 Å². The van der Waals surface area contributed by atoms with Gasteiger partial charge in [-0.05, 0) is 49.9 Å². The summed E-state index contributed by atoms with van der Waals surface area (Å²) in [5, 5.41) is 2.95. The summed E-state index contributed by atoms with van der Waals surface area (Å²) < 4.78 is 18.5. The Morgan fingerprint density at radius 3 is 2.71 bits per heavy atom. The predicted molar refractivity (Wildman–Crippen MR) is 87.0 cm³/mol. The lowest BCUT2D eigenvalue weighted by Crippen LogP contribution is -2.46. The van der Waals surface area contributed by atoms with Gasteiger partial charge in [0.15, 0.2) is 0 Å². The number of nitrogens with zero attached hydrogens (tertiary/aromatic N) is 1. The molecule has 2 aliphatic heterocycles. The second kappa shape index (κ2) is 7.75. The Balaban J connectivity index is 1.54. The number of piperidine rings is 1. The zero-order chi connectivity index (χ0) is 16.9. The van der Waals surface area contributed by atoms with E-state index in [9.17, 15) is 14.0 Å². The largest absolute Gasteiger partial charge is 0.376 e. The van der Waals surface area contributed by atoms with Crippen molar-refractivity contribution in [3.8, 4) is 0 Å². The van der Waals surface area contributed by atoms with Crippen LogP contribution in [0.4, 0.5) is 4.39 Å². The summed E-state index contributed by atoms with van der Waals surface area (Å²) in [4.78, 5) is 26.5. The van der Waals surface area contributed by atoms with Crippen molar-refractivity contribution in [3.63, 3.8) is 0 Å². The first-order valence-electron chi connectivity index (χ1n) is 8.57. The SMILES string of the molecule is O=C(NC[C@H]1CCCO1)[C@@H]1CCCN(C(=O)c2ccc(F)cc2)C1. The highest BCUT2D eigenvalue weighted by molar-refractivity contribution is 5.94. The molecule has 3 rings (SSSR count). The Kier molecular flexibility index (Phi) is 5.45. The van der Waals surface area contributed by atoms with Gasteiger partial charge in [-0.1, -0.05) is 0 Å². The van der Waals surface area contributed by atoms with Gasteiger partial charge < -0.3 is 15.0 Å². The number of hydrogen-bond donors (Lipinski definition) is 1. The molecule has 2 saturated heterocycles. The van der Waals surface area contributed by atoms with Gasteiger partial charge in [0, 0.05) is 31.8 Å². The van der Waals surface area contributed by atoms with E-state index >= 15 is 0 Å². The van der Waals surface area contributed by atoms with Crippen molar-refractivity contribution in [1.82, 2.24) is 10.2 Å². The highest BCUT2D eigenvalue weighted by Gasteiger charge is 2.29. The number of likely N-dealkylation sites (tertiary alicyclic amines) is 1. The topological polar surface area (TPSA) is 58.6 Å². The Hall–Kier alpha value is -1.95. The Labute approximate surface area is 141 Å². The Morgan fingerprint density at radius 1 is 1.21 bits per heavy atom. The zero-order valence-corrected chi connectivity index (χ0v) is 13.7. The monoisotopic (exact) mass is 334 g/mol. The Morgan fingerprint density at radius 2 is 2.00 bits per heavy atom. The molecule has 5 nitrogen and oxygen atoms in total. The second-order valence-corrected chi connectivity index (χ2v) is 6.48. The molecule has 1 aromatic rings. The Bertz CT molecular complexity index is 584. The molecule has 130 valence electrons. The molecule has 0 bridgehead atoms. The number of rotatable bonds is 4. The summed E-state index contributed by atoms with van der Waals surface area (Å²) in [5.74, 6) is -0.713. The maximum atomic E-state index is 13.0. The molecule has 1 N–H and O–H groups in total. The zero-order valence-electron chi connectivity index (χ0n) is 13.7. The molecule has 0 saturated carbocycles. The van der Waals surface area contributed by atoms with Gasteiger partial charge in [0.05, 0.1) is 12.0 Å². The molecule has 6 heteroatoms. The fourth-order valence-electron chi connectivity index (χ4n) is 3.31. The van der Waals surface area contributed by atoms with Gasteiger partial charge in [-0.25, -0.2) is 4.39 Å². The molecule has 0 spiro atoms. The number of benzene rings is 1. The fourth-order valence-corrected chi connectivity index (χ4v) is 3.31. The summed E-state index contributed by atoms with van der Waals surface area (Å²) in [7, 11) is 0. The van der Waals surface area contributed by atoms with E-state index in [0.29, 0.717) is 25.2 Å². The van der Waals surface area contributed by atoms with Crippen molar-refractivity contribution in [1.29, 1.82) is 0 Å². The van der Waals surface area contributed by atoms with Gasteiger partial charge in [-0.3, -0.25) is 9.59 Å². The lowest BCUT2D eigenvalue weighted by molar-refractivity contribution is -0.126. The lowest BCUT2D eigenvalue weighted by atomic mass is 9.96. The van der Waals surface area contributed by atoms with Crippen molar-refractivity contribution in [3.05, 3.63) is 35.6 Å². The van der Waals surface area contributed by atoms with Crippen molar-refractivity contribution in [2.24, 2.45) is 5.92 Å². The van der Waals surface area contributed by atoms with Gasteiger partial charge in [0.2, 0.25) is 5.91 Å². The molecule has 24 heavy (non-hydrogen) atoms. The molecule has 0 radical (unpaired) electrons. The quantitative estimate of drug-likeness (QED) is 0.916. The normalized spacial score (nSPS) is 24.0. The van der Waals surface area contributed by atoms with Crippen molar-refractivity contribution >= 4 is 11.8 Å². The number of halogens is 1. The first-order chi connectivity index (χ1) is 11.6. The molecule has 2 amide bonds. The number of carbonyl (C=O) groups excluding carboxylic acids is 2. The molecule has 2 atom stereocenters. The molecular weight excluding hydrogens is 311 g/mol. The minimum Gasteiger partial charge on any atom is -0.376 e. The van der Waals surface area contributed by atoms with E-state index in [0.717, 1.165) is 32.3 Å². The third-order valence-electron chi connectivity index (χ3n) is 4.70. The molecule has 0 aromatic heterocycles.